The Hall–Kier alpha value is -3.48. The van der Waals surface area contributed by atoms with Crippen molar-refractivity contribution in [3.8, 4) is 11.3 Å². The molecule has 3 N–H and O–H groups in total. The Balaban J connectivity index is 1.73. The summed E-state index contributed by atoms with van der Waals surface area (Å²) in [5.74, 6) is -0.905. The number of primary amides is 1. The molecule has 126 valence electrons. The van der Waals surface area contributed by atoms with Crippen LogP contribution in [0.3, 0.4) is 0 Å². The van der Waals surface area contributed by atoms with Gasteiger partial charge >= 0.3 is 0 Å². The maximum absolute atomic E-state index is 12.3. The van der Waals surface area contributed by atoms with Gasteiger partial charge in [0.25, 0.3) is 5.91 Å². The highest BCUT2D eigenvalue weighted by molar-refractivity contribution is 6.04. The van der Waals surface area contributed by atoms with Crippen LogP contribution in [0.5, 0.6) is 0 Å². The lowest BCUT2D eigenvalue weighted by Gasteiger charge is -2.11. The molecule has 0 aliphatic carbocycles. The van der Waals surface area contributed by atoms with Crippen molar-refractivity contribution in [2.75, 3.05) is 5.32 Å². The summed E-state index contributed by atoms with van der Waals surface area (Å²) in [6.45, 7) is 1.74. The summed E-state index contributed by atoms with van der Waals surface area (Å²) in [7, 11) is 0. The van der Waals surface area contributed by atoms with Gasteiger partial charge < -0.3 is 11.1 Å². The van der Waals surface area contributed by atoms with E-state index in [0.717, 1.165) is 5.56 Å². The highest BCUT2D eigenvalue weighted by atomic mass is 16.2. The lowest BCUT2D eigenvalue weighted by molar-refractivity contribution is -0.116. The molecule has 0 saturated carbocycles. The molecule has 0 fully saturated rings. The number of rotatable bonds is 5. The first kappa shape index (κ1) is 16.4. The number of nitrogens with zero attached hydrogens (tertiary/aromatic N) is 3. The number of aryl methyl sites for hydroxylation is 1. The molecule has 0 bridgehead atoms. The third kappa shape index (κ3) is 3.72. The maximum atomic E-state index is 12.3. The van der Waals surface area contributed by atoms with Gasteiger partial charge in [0.2, 0.25) is 5.91 Å². The van der Waals surface area contributed by atoms with E-state index in [9.17, 15) is 9.59 Å². The number of benzene rings is 2. The minimum Gasteiger partial charge on any atom is -0.366 e. The summed E-state index contributed by atoms with van der Waals surface area (Å²) in [6.07, 6.45) is 1.69. The van der Waals surface area contributed by atoms with Gasteiger partial charge in [-0.2, -0.15) is 0 Å². The van der Waals surface area contributed by atoms with Crippen molar-refractivity contribution in [1.82, 2.24) is 15.0 Å². The summed E-state index contributed by atoms with van der Waals surface area (Å²) in [5.41, 5.74) is 8.40. The zero-order valence-electron chi connectivity index (χ0n) is 13.6. The van der Waals surface area contributed by atoms with Crippen LogP contribution in [0.4, 0.5) is 5.69 Å². The fourth-order valence-corrected chi connectivity index (χ4v) is 2.55. The minimum absolute atomic E-state index is 0.0218. The van der Waals surface area contributed by atoms with E-state index >= 15 is 0 Å². The summed E-state index contributed by atoms with van der Waals surface area (Å²) >= 11 is 0. The topological polar surface area (TPSA) is 103 Å². The van der Waals surface area contributed by atoms with Crippen molar-refractivity contribution in [2.45, 2.75) is 13.5 Å². The summed E-state index contributed by atoms with van der Waals surface area (Å²) in [4.78, 5) is 23.8. The number of hydrogen-bond acceptors (Lipinski definition) is 4. The van der Waals surface area contributed by atoms with E-state index < -0.39 is 5.91 Å². The largest absolute Gasteiger partial charge is 0.366 e. The minimum atomic E-state index is -0.583. The van der Waals surface area contributed by atoms with Crippen LogP contribution in [0, 0.1) is 6.92 Å². The lowest BCUT2D eigenvalue weighted by Crippen LogP contribution is -2.22. The molecule has 1 aromatic heterocycles. The van der Waals surface area contributed by atoms with Crippen LogP contribution in [0.15, 0.2) is 54.7 Å². The monoisotopic (exact) mass is 335 g/mol. The van der Waals surface area contributed by atoms with Crippen molar-refractivity contribution in [2.24, 2.45) is 5.73 Å². The van der Waals surface area contributed by atoms with Gasteiger partial charge in [-0.1, -0.05) is 47.7 Å². The number of nitrogens with one attached hydrogen (secondary N) is 1. The normalized spacial score (nSPS) is 10.4. The molecule has 7 heteroatoms. The molecule has 0 unspecified atom stereocenters. The Morgan fingerprint density at radius 2 is 1.88 bits per heavy atom. The first-order valence-electron chi connectivity index (χ1n) is 7.69. The zero-order valence-corrected chi connectivity index (χ0v) is 13.6. The Morgan fingerprint density at radius 3 is 2.60 bits per heavy atom. The van der Waals surface area contributed by atoms with Gasteiger partial charge in [-0.15, -0.1) is 5.10 Å². The second-order valence-corrected chi connectivity index (χ2v) is 5.58. The molecule has 3 rings (SSSR count). The van der Waals surface area contributed by atoms with E-state index in [2.05, 4.69) is 15.6 Å². The lowest BCUT2D eigenvalue weighted by atomic mass is 10.1. The molecule has 1 heterocycles. The van der Waals surface area contributed by atoms with E-state index in [4.69, 9.17) is 5.73 Å². The van der Waals surface area contributed by atoms with Gasteiger partial charge in [-0.25, -0.2) is 4.68 Å². The van der Waals surface area contributed by atoms with Crippen LogP contribution < -0.4 is 11.1 Å². The molecule has 0 radical (unpaired) electrons. The van der Waals surface area contributed by atoms with Gasteiger partial charge in [-0.05, 0) is 18.6 Å². The molecule has 0 spiro atoms. The Morgan fingerprint density at radius 1 is 1.12 bits per heavy atom. The van der Waals surface area contributed by atoms with E-state index in [1.54, 1.807) is 31.3 Å². The molecule has 3 aromatic rings. The van der Waals surface area contributed by atoms with Gasteiger partial charge in [-0.3, -0.25) is 9.59 Å². The van der Waals surface area contributed by atoms with Crippen molar-refractivity contribution < 1.29 is 9.59 Å². The molecule has 0 aliphatic heterocycles. The molecular formula is C18H17N5O2. The van der Waals surface area contributed by atoms with Crippen molar-refractivity contribution in [3.63, 3.8) is 0 Å². The zero-order chi connectivity index (χ0) is 17.8. The van der Waals surface area contributed by atoms with Gasteiger partial charge in [0, 0.05) is 5.56 Å². The number of amides is 2. The smallest absolute Gasteiger partial charge is 0.251 e. The molecule has 2 amide bonds. The van der Waals surface area contributed by atoms with Crippen LogP contribution in [0.25, 0.3) is 11.3 Å². The molecular weight excluding hydrogens is 318 g/mol. The third-order valence-corrected chi connectivity index (χ3v) is 3.71. The average molecular weight is 335 g/mol. The summed E-state index contributed by atoms with van der Waals surface area (Å²) in [6, 6.07) is 14.7. The number of carbonyl (C=O) groups is 2. The molecule has 0 aliphatic rings. The van der Waals surface area contributed by atoms with Crippen LogP contribution in [-0.2, 0) is 11.3 Å². The quantitative estimate of drug-likeness (QED) is 0.744. The predicted octanol–water partition coefficient (Wildman–Crippen LogP) is 1.99. The summed E-state index contributed by atoms with van der Waals surface area (Å²) in [5, 5.41) is 10.7. The Kier molecular flexibility index (Phi) is 4.56. The van der Waals surface area contributed by atoms with Gasteiger partial charge in [0.05, 0.1) is 17.4 Å². The van der Waals surface area contributed by atoms with Crippen LogP contribution in [0.2, 0.25) is 0 Å². The first-order chi connectivity index (χ1) is 12.0. The fraction of sp³-hybridized carbons (Fsp3) is 0.111. The highest BCUT2D eigenvalue weighted by Crippen LogP contribution is 2.19. The second kappa shape index (κ2) is 6.96. The van der Waals surface area contributed by atoms with Gasteiger partial charge in [0.15, 0.2) is 0 Å². The number of nitrogens with two attached hydrogens (primary N) is 1. The molecule has 7 nitrogen and oxygen atoms in total. The highest BCUT2D eigenvalue weighted by Gasteiger charge is 2.14. The van der Waals surface area contributed by atoms with E-state index in [0.29, 0.717) is 22.5 Å². The van der Waals surface area contributed by atoms with Crippen molar-refractivity contribution in [1.29, 1.82) is 0 Å². The second-order valence-electron chi connectivity index (χ2n) is 5.58. The SMILES string of the molecule is Cc1cccc(NC(=O)Cn2cc(-c3ccccc3)nn2)c1C(N)=O. The van der Waals surface area contributed by atoms with Crippen LogP contribution in [0.1, 0.15) is 15.9 Å². The number of carbonyl (C=O) groups excluding carboxylic acids is 2. The van der Waals surface area contributed by atoms with Crippen LogP contribution in [-0.4, -0.2) is 26.8 Å². The van der Waals surface area contributed by atoms with Crippen LogP contribution >= 0.6 is 0 Å². The van der Waals surface area contributed by atoms with E-state index in [-0.39, 0.29) is 12.5 Å². The number of hydrogen-bond donors (Lipinski definition) is 2. The van der Waals surface area contributed by atoms with Crippen molar-refractivity contribution in [3.05, 3.63) is 65.9 Å². The molecule has 2 aromatic carbocycles. The predicted molar refractivity (Wildman–Crippen MR) is 93.8 cm³/mol. The molecule has 0 saturated heterocycles. The van der Waals surface area contributed by atoms with Gasteiger partial charge in [0.1, 0.15) is 12.2 Å². The number of anilines is 1. The first-order valence-corrected chi connectivity index (χ1v) is 7.69. The summed E-state index contributed by atoms with van der Waals surface area (Å²) < 4.78 is 1.44. The number of aromatic nitrogens is 3. The maximum Gasteiger partial charge on any atom is 0.251 e. The third-order valence-electron chi connectivity index (χ3n) is 3.71. The molecule has 0 atom stereocenters. The van der Waals surface area contributed by atoms with Crippen molar-refractivity contribution >= 4 is 17.5 Å². The fourth-order valence-electron chi connectivity index (χ4n) is 2.55. The van der Waals surface area contributed by atoms with E-state index in [1.807, 2.05) is 30.3 Å². The van der Waals surface area contributed by atoms with E-state index in [1.165, 1.54) is 4.68 Å². The standard InChI is InChI=1S/C18H17N5O2/c1-12-6-5-9-14(17(12)18(19)25)20-16(24)11-23-10-15(21-22-23)13-7-3-2-4-8-13/h2-10H,11H2,1H3,(H2,19,25)(H,20,24). The Bertz CT molecular complexity index is 918. The average Bonchev–Trinajstić information content (AvgIpc) is 3.03. The Labute approximate surface area is 144 Å². The molecule has 25 heavy (non-hydrogen) atoms.